The summed E-state index contributed by atoms with van der Waals surface area (Å²) < 4.78 is 5.45. The number of nitrogens with zero attached hydrogens (tertiary/aromatic N) is 4. The Labute approximate surface area is 149 Å². The quantitative estimate of drug-likeness (QED) is 0.812. The van der Waals surface area contributed by atoms with Crippen LogP contribution in [0.25, 0.3) is 0 Å². The van der Waals surface area contributed by atoms with E-state index in [9.17, 15) is 4.79 Å². The van der Waals surface area contributed by atoms with Gasteiger partial charge in [0, 0.05) is 26.2 Å². The molecule has 0 spiro atoms. The van der Waals surface area contributed by atoms with Crippen LogP contribution in [0, 0.1) is 13.8 Å². The Bertz CT molecular complexity index is 607. The molecule has 0 aliphatic carbocycles. The largest absolute Gasteiger partial charge is 0.444 e. The molecule has 1 fully saturated rings. The molecular formula is C17H27ClN4O2. The second-order valence-corrected chi connectivity index (χ2v) is 7.73. The molecule has 2 rings (SSSR count). The van der Waals surface area contributed by atoms with E-state index >= 15 is 0 Å². The second kappa shape index (κ2) is 7.13. The minimum Gasteiger partial charge on any atom is -0.444 e. The summed E-state index contributed by atoms with van der Waals surface area (Å²) in [5.41, 5.74) is 1.56. The molecule has 0 atom stereocenters. The lowest BCUT2D eigenvalue weighted by atomic mass is 10.0. The Hall–Kier alpha value is -1.56. The van der Waals surface area contributed by atoms with E-state index in [1.165, 1.54) is 0 Å². The number of carbonyl (C=O) groups excluding carboxylic acids is 1. The Balaban J connectivity index is 1.99. The van der Waals surface area contributed by atoms with Crippen molar-refractivity contribution < 1.29 is 9.53 Å². The highest BCUT2D eigenvalue weighted by Gasteiger charge is 2.29. The molecule has 1 aromatic rings. The van der Waals surface area contributed by atoms with Crippen molar-refractivity contribution in [3.8, 4) is 0 Å². The van der Waals surface area contributed by atoms with Crippen molar-refractivity contribution in [1.82, 2.24) is 15.1 Å². The monoisotopic (exact) mass is 354 g/mol. The van der Waals surface area contributed by atoms with Gasteiger partial charge in [-0.3, -0.25) is 0 Å². The van der Waals surface area contributed by atoms with Gasteiger partial charge in [0.05, 0.1) is 0 Å². The highest BCUT2D eigenvalue weighted by molar-refractivity contribution is 6.30. The molecule has 7 heteroatoms. The Kier molecular flexibility index (Phi) is 5.58. The van der Waals surface area contributed by atoms with Crippen LogP contribution in [0.1, 0.15) is 44.7 Å². The maximum Gasteiger partial charge on any atom is 0.410 e. The first-order valence-electron chi connectivity index (χ1n) is 8.30. The van der Waals surface area contributed by atoms with E-state index in [1.807, 2.05) is 41.7 Å². The Morgan fingerprint density at radius 3 is 2.33 bits per heavy atom. The van der Waals surface area contributed by atoms with Crippen LogP contribution in [0.2, 0.25) is 5.15 Å². The molecule has 0 unspecified atom stereocenters. The SMILES string of the molecule is Cc1c(Cl)nnc(N2CCC(N(C)C(=O)OC(C)(C)C)CC2)c1C. The first-order valence-corrected chi connectivity index (χ1v) is 8.68. The minimum atomic E-state index is -0.473. The van der Waals surface area contributed by atoms with Crippen LogP contribution in [-0.4, -0.2) is 53.0 Å². The lowest BCUT2D eigenvalue weighted by molar-refractivity contribution is 0.0200. The number of rotatable bonds is 2. The summed E-state index contributed by atoms with van der Waals surface area (Å²) in [6, 6.07) is 0.178. The van der Waals surface area contributed by atoms with Crippen molar-refractivity contribution in [2.24, 2.45) is 0 Å². The predicted octanol–water partition coefficient (Wildman–Crippen LogP) is 3.58. The molecule has 134 valence electrons. The summed E-state index contributed by atoms with van der Waals surface area (Å²) in [6.45, 7) is 11.3. The van der Waals surface area contributed by atoms with Crippen LogP contribution in [0.4, 0.5) is 10.6 Å². The minimum absolute atomic E-state index is 0.178. The fourth-order valence-corrected chi connectivity index (χ4v) is 2.99. The number of carbonyl (C=O) groups is 1. The maximum atomic E-state index is 12.2. The lowest BCUT2D eigenvalue weighted by Gasteiger charge is -2.38. The van der Waals surface area contributed by atoms with E-state index in [0.717, 1.165) is 42.9 Å². The van der Waals surface area contributed by atoms with Gasteiger partial charge in [-0.25, -0.2) is 4.79 Å². The van der Waals surface area contributed by atoms with Crippen molar-refractivity contribution in [2.75, 3.05) is 25.0 Å². The first-order chi connectivity index (χ1) is 11.1. The summed E-state index contributed by atoms with van der Waals surface area (Å²) in [5, 5.41) is 8.74. The highest BCUT2D eigenvalue weighted by Crippen LogP contribution is 2.27. The van der Waals surface area contributed by atoms with Crippen LogP contribution in [0.3, 0.4) is 0 Å². The summed E-state index contributed by atoms with van der Waals surface area (Å²) in [7, 11) is 1.81. The Morgan fingerprint density at radius 2 is 1.79 bits per heavy atom. The number of aromatic nitrogens is 2. The molecule has 0 aromatic carbocycles. The maximum absolute atomic E-state index is 12.2. The van der Waals surface area contributed by atoms with E-state index < -0.39 is 5.60 Å². The van der Waals surface area contributed by atoms with Crippen molar-refractivity contribution in [3.63, 3.8) is 0 Å². The van der Waals surface area contributed by atoms with Crippen LogP contribution < -0.4 is 4.90 Å². The molecule has 1 aromatic heterocycles. The van der Waals surface area contributed by atoms with Gasteiger partial charge in [0.1, 0.15) is 5.60 Å². The standard InChI is InChI=1S/C17H27ClN4O2/c1-11-12(2)15(20-19-14(11)18)22-9-7-13(8-10-22)21(6)16(23)24-17(3,4)5/h13H,7-10H2,1-6H3. The second-order valence-electron chi connectivity index (χ2n) is 7.37. The van der Waals surface area contributed by atoms with E-state index in [1.54, 1.807) is 4.90 Å². The zero-order chi connectivity index (χ0) is 18.1. The number of hydrogen-bond acceptors (Lipinski definition) is 5. The third-order valence-electron chi connectivity index (χ3n) is 4.43. The van der Waals surface area contributed by atoms with Gasteiger partial charge in [-0.05, 0) is 58.6 Å². The molecule has 0 bridgehead atoms. The number of anilines is 1. The number of hydrogen-bond donors (Lipinski definition) is 0. The summed E-state index contributed by atoms with van der Waals surface area (Å²) in [6.07, 6.45) is 1.48. The van der Waals surface area contributed by atoms with Gasteiger partial charge in [-0.1, -0.05) is 11.6 Å². The van der Waals surface area contributed by atoms with Gasteiger partial charge >= 0.3 is 6.09 Å². The van der Waals surface area contributed by atoms with Crippen molar-refractivity contribution >= 4 is 23.5 Å². The van der Waals surface area contributed by atoms with Crippen LogP contribution in [-0.2, 0) is 4.74 Å². The summed E-state index contributed by atoms with van der Waals surface area (Å²) in [4.78, 5) is 16.1. The van der Waals surface area contributed by atoms with Crippen LogP contribution >= 0.6 is 11.6 Å². The summed E-state index contributed by atoms with van der Waals surface area (Å²) in [5.74, 6) is 0.885. The lowest BCUT2D eigenvalue weighted by Crippen LogP contribution is -2.47. The highest BCUT2D eigenvalue weighted by atomic mass is 35.5. The fraction of sp³-hybridized carbons (Fsp3) is 0.706. The molecule has 1 aliphatic heterocycles. The van der Waals surface area contributed by atoms with Gasteiger partial charge in [0.2, 0.25) is 0 Å². The average Bonchev–Trinajstić information content (AvgIpc) is 2.51. The van der Waals surface area contributed by atoms with Crippen LogP contribution in [0.5, 0.6) is 0 Å². The zero-order valence-corrected chi connectivity index (χ0v) is 16.1. The van der Waals surface area contributed by atoms with Crippen molar-refractivity contribution in [3.05, 3.63) is 16.3 Å². The van der Waals surface area contributed by atoms with Gasteiger partial charge in [-0.15, -0.1) is 10.2 Å². The molecule has 2 heterocycles. The summed E-state index contributed by atoms with van der Waals surface area (Å²) >= 11 is 6.03. The predicted molar refractivity (Wildman–Crippen MR) is 95.7 cm³/mol. The van der Waals surface area contributed by atoms with E-state index in [0.29, 0.717) is 5.15 Å². The average molecular weight is 355 g/mol. The molecule has 0 N–H and O–H groups in total. The molecule has 6 nitrogen and oxygen atoms in total. The van der Waals surface area contributed by atoms with Gasteiger partial charge in [0.15, 0.2) is 11.0 Å². The zero-order valence-electron chi connectivity index (χ0n) is 15.4. The molecule has 0 saturated carbocycles. The van der Waals surface area contributed by atoms with Gasteiger partial charge in [-0.2, -0.15) is 0 Å². The van der Waals surface area contributed by atoms with E-state index in [-0.39, 0.29) is 12.1 Å². The molecule has 0 radical (unpaired) electrons. The van der Waals surface area contributed by atoms with Crippen molar-refractivity contribution in [1.29, 1.82) is 0 Å². The van der Waals surface area contributed by atoms with E-state index in [2.05, 4.69) is 15.1 Å². The number of amides is 1. The molecule has 1 saturated heterocycles. The Morgan fingerprint density at radius 1 is 1.21 bits per heavy atom. The number of ether oxygens (including phenoxy) is 1. The fourth-order valence-electron chi connectivity index (χ4n) is 2.81. The molecule has 1 amide bonds. The number of piperidine rings is 1. The molecule has 24 heavy (non-hydrogen) atoms. The smallest absolute Gasteiger partial charge is 0.410 e. The molecular weight excluding hydrogens is 328 g/mol. The van der Waals surface area contributed by atoms with Crippen LogP contribution in [0.15, 0.2) is 0 Å². The topological polar surface area (TPSA) is 58.6 Å². The van der Waals surface area contributed by atoms with E-state index in [4.69, 9.17) is 16.3 Å². The normalized spacial score (nSPS) is 16.2. The molecule has 1 aliphatic rings. The first kappa shape index (κ1) is 18.8. The van der Waals surface area contributed by atoms with Gasteiger partial charge < -0.3 is 14.5 Å². The van der Waals surface area contributed by atoms with Crippen molar-refractivity contribution in [2.45, 2.75) is 59.1 Å². The third kappa shape index (κ3) is 4.29. The van der Waals surface area contributed by atoms with Gasteiger partial charge in [0.25, 0.3) is 0 Å². The number of halogens is 1. The third-order valence-corrected chi connectivity index (χ3v) is 4.79.